The Balaban J connectivity index is 2.13. The summed E-state index contributed by atoms with van der Waals surface area (Å²) in [6, 6.07) is 12.6. The van der Waals surface area contributed by atoms with Crippen molar-refractivity contribution >= 4 is 27.5 Å². The van der Waals surface area contributed by atoms with Crippen LogP contribution in [0.4, 0.5) is 0 Å². The Kier molecular flexibility index (Phi) is 6.18. The van der Waals surface area contributed by atoms with E-state index in [1.54, 1.807) is 12.1 Å². The van der Waals surface area contributed by atoms with Gasteiger partial charge in [-0.05, 0) is 48.9 Å². The van der Waals surface area contributed by atoms with Crippen LogP contribution in [-0.4, -0.2) is 33.0 Å². The van der Waals surface area contributed by atoms with E-state index in [9.17, 15) is 13.2 Å². The molecule has 25 heavy (non-hydrogen) atoms. The van der Waals surface area contributed by atoms with Crippen molar-refractivity contribution < 1.29 is 18.0 Å². The molecular formula is C17H19ClN2O4S. The molecule has 0 radical (unpaired) electrons. The van der Waals surface area contributed by atoms with E-state index >= 15 is 0 Å². The average Bonchev–Trinajstić information content (AvgIpc) is 2.60. The molecule has 1 N–H and O–H groups in total. The van der Waals surface area contributed by atoms with Gasteiger partial charge in [-0.1, -0.05) is 28.2 Å². The molecule has 0 fully saturated rings. The monoisotopic (exact) mass is 382 g/mol. The second-order valence-electron chi connectivity index (χ2n) is 5.37. The average molecular weight is 383 g/mol. The van der Waals surface area contributed by atoms with Crippen molar-refractivity contribution in [1.82, 2.24) is 9.79 Å². The number of carbonyl (C=O) groups excluding carboxylic acids is 1. The van der Waals surface area contributed by atoms with Crippen LogP contribution in [0.25, 0.3) is 0 Å². The van der Waals surface area contributed by atoms with Crippen LogP contribution in [0.1, 0.15) is 28.9 Å². The maximum Gasteiger partial charge on any atom is 0.264 e. The number of sulfonamides is 1. The molecule has 2 aromatic carbocycles. The first-order chi connectivity index (χ1) is 11.8. The van der Waals surface area contributed by atoms with Gasteiger partial charge in [0.15, 0.2) is 0 Å². The lowest BCUT2D eigenvalue weighted by molar-refractivity contribution is -0.0258. The third-order valence-electron chi connectivity index (χ3n) is 3.71. The van der Waals surface area contributed by atoms with E-state index in [0.717, 1.165) is 10.0 Å². The van der Waals surface area contributed by atoms with Crippen LogP contribution in [0.3, 0.4) is 0 Å². The number of hydroxylamine groups is 1. The first-order valence-electron chi connectivity index (χ1n) is 7.45. The molecule has 0 aliphatic carbocycles. The second kappa shape index (κ2) is 7.97. The van der Waals surface area contributed by atoms with Gasteiger partial charge in [-0.2, -0.15) is 0 Å². The van der Waals surface area contributed by atoms with Crippen molar-refractivity contribution in [2.75, 3.05) is 14.2 Å². The number of hydrogen-bond acceptors (Lipinski definition) is 4. The first kappa shape index (κ1) is 19.4. The lowest BCUT2D eigenvalue weighted by Gasteiger charge is -2.16. The lowest BCUT2D eigenvalue weighted by Crippen LogP contribution is -2.27. The molecule has 0 unspecified atom stereocenters. The van der Waals surface area contributed by atoms with Gasteiger partial charge in [-0.25, -0.2) is 8.42 Å². The lowest BCUT2D eigenvalue weighted by atomic mass is 10.1. The smallest absolute Gasteiger partial charge is 0.264 e. The molecule has 1 atom stereocenters. The molecule has 0 aliphatic heterocycles. The van der Waals surface area contributed by atoms with Crippen molar-refractivity contribution in [1.29, 1.82) is 0 Å². The Morgan fingerprint density at radius 2 is 1.84 bits per heavy atom. The maximum atomic E-state index is 12.3. The van der Waals surface area contributed by atoms with Gasteiger partial charge in [0, 0.05) is 17.6 Å². The van der Waals surface area contributed by atoms with Crippen LogP contribution in [-0.2, 0) is 14.9 Å². The zero-order chi connectivity index (χ0) is 18.6. The summed E-state index contributed by atoms with van der Waals surface area (Å²) in [4.78, 5) is 17.1. The van der Waals surface area contributed by atoms with Gasteiger partial charge in [-0.15, -0.1) is 0 Å². The highest BCUT2D eigenvalue weighted by molar-refractivity contribution is 7.89. The summed E-state index contributed by atoms with van der Waals surface area (Å²) in [6.45, 7) is 1.84. The Labute approximate surface area is 152 Å². The molecule has 1 amide bonds. The summed E-state index contributed by atoms with van der Waals surface area (Å²) in [6.07, 6.45) is 0. The molecule has 0 aromatic heterocycles. The molecule has 8 heteroatoms. The number of amides is 1. The van der Waals surface area contributed by atoms with Crippen LogP contribution in [0.2, 0.25) is 5.02 Å². The van der Waals surface area contributed by atoms with Gasteiger partial charge >= 0.3 is 0 Å². The number of nitrogens with one attached hydrogen (secondary N) is 1. The van der Waals surface area contributed by atoms with Crippen LogP contribution < -0.4 is 5.32 Å². The molecule has 0 heterocycles. The summed E-state index contributed by atoms with van der Waals surface area (Å²) in [5, 5.41) is 3.44. The Morgan fingerprint density at radius 1 is 1.20 bits per heavy atom. The molecule has 0 aliphatic rings. The maximum absolute atomic E-state index is 12.3. The van der Waals surface area contributed by atoms with Crippen molar-refractivity contribution in [3.8, 4) is 0 Å². The molecule has 0 saturated heterocycles. The van der Waals surface area contributed by atoms with Gasteiger partial charge in [0.25, 0.3) is 15.9 Å². The SMILES string of the molecule is CON(C)S(=O)(=O)c1ccc(C(=O)N[C@H](C)c2cccc(Cl)c2)cc1. The van der Waals surface area contributed by atoms with Crippen LogP contribution >= 0.6 is 11.6 Å². The summed E-state index contributed by atoms with van der Waals surface area (Å²) in [7, 11) is -1.18. The van der Waals surface area contributed by atoms with E-state index in [4.69, 9.17) is 16.4 Å². The quantitative estimate of drug-likeness (QED) is 0.779. The topological polar surface area (TPSA) is 75.7 Å². The minimum atomic E-state index is -3.74. The third-order valence-corrected chi connectivity index (χ3v) is 5.64. The molecule has 2 aromatic rings. The fraction of sp³-hybridized carbons (Fsp3) is 0.235. The van der Waals surface area contributed by atoms with E-state index < -0.39 is 10.0 Å². The van der Waals surface area contributed by atoms with Gasteiger partial charge < -0.3 is 5.32 Å². The predicted molar refractivity (Wildman–Crippen MR) is 95.7 cm³/mol. The normalized spacial score (nSPS) is 12.8. The van der Waals surface area contributed by atoms with E-state index in [-0.39, 0.29) is 16.8 Å². The molecule has 0 bridgehead atoms. The fourth-order valence-corrected chi connectivity index (χ4v) is 3.34. The number of rotatable bonds is 6. The van der Waals surface area contributed by atoms with Crippen LogP contribution in [0, 0.1) is 0 Å². The fourth-order valence-electron chi connectivity index (χ4n) is 2.16. The highest BCUT2D eigenvalue weighted by Crippen LogP contribution is 2.19. The summed E-state index contributed by atoms with van der Waals surface area (Å²) in [5.41, 5.74) is 1.23. The van der Waals surface area contributed by atoms with Gasteiger partial charge in [0.1, 0.15) is 0 Å². The summed E-state index contributed by atoms with van der Waals surface area (Å²) >= 11 is 5.96. The molecule has 0 saturated carbocycles. The standard InChI is InChI=1S/C17H19ClN2O4S/c1-12(14-5-4-6-15(18)11-14)19-17(21)13-7-9-16(10-8-13)25(22,23)20(2)24-3/h4-12H,1-3H3,(H,19,21)/t12-/m1/s1. The highest BCUT2D eigenvalue weighted by Gasteiger charge is 2.21. The largest absolute Gasteiger partial charge is 0.346 e. The van der Waals surface area contributed by atoms with Crippen LogP contribution in [0.5, 0.6) is 0 Å². The van der Waals surface area contributed by atoms with Crippen molar-refractivity contribution in [2.45, 2.75) is 17.9 Å². The molecule has 6 nitrogen and oxygen atoms in total. The van der Waals surface area contributed by atoms with Gasteiger partial charge in [0.2, 0.25) is 0 Å². The van der Waals surface area contributed by atoms with E-state index in [2.05, 4.69) is 5.32 Å². The van der Waals surface area contributed by atoms with Crippen LogP contribution in [0.15, 0.2) is 53.4 Å². The number of halogens is 1. The summed E-state index contributed by atoms with van der Waals surface area (Å²) in [5.74, 6) is -0.309. The summed E-state index contributed by atoms with van der Waals surface area (Å²) < 4.78 is 25.0. The van der Waals surface area contributed by atoms with Crippen molar-refractivity contribution in [3.63, 3.8) is 0 Å². The molecule has 2 rings (SSSR count). The van der Waals surface area contributed by atoms with Gasteiger partial charge in [-0.3, -0.25) is 9.63 Å². The number of hydrogen-bond donors (Lipinski definition) is 1. The third kappa shape index (κ3) is 4.58. The molecule has 134 valence electrons. The first-order valence-corrected chi connectivity index (χ1v) is 9.27. The molecule has 0 spiro atoms. The second-order valence-corrected chi connectivity index (χ2v) is 7.74. The number of benzene rings is 2. The highest BCUT2D eigenvalue weighted by atomic mass is 35.5. The molecular weight excluding hydrogens is 364 g/mol. The van der Waals surface area contributed by atoms with Crippen molar-refractivity contribution in [3.05, 3.63) is 64.7 Å². The number of carbonyl (C=O) groups is 1. The minimum absolute atomic E-state index is 0.0382. The van der Waals surface area contributed by atoms with Gasteiger partial charge in [0.05, 0.1) is 18.0 Å². The Hall–Kier alpha value is -1.93. The van der Waals surface area contributed by atoms with E-state index in [1.165, 1.54) is 38.4 Å². The Morgan fingerprint density at radius 3 is 2.40 bits per heavy atom. The zero-order valence-corrected chi connectivity index (χ0v) is 15.6. The Bertz CT molecular complexity index is 853. The number of nitrogens with zero attached hydrogens (tertiary/aromatic N) is 1. The predicted octanol–water partition coefficient (Wildman–Crippen LogP) is 3.01. The van der Waals surface area contributed by atoms with E-state index in [1.807, 2.05) is 19.1 Å². The van der Waals surface area contributed by atoms with Crippen molar-refractivity contribution in [2.24, 2.45) is 0 Å². The minimum Gasteiger partial charge on any atom is -0.346 e. The zero-order valence-electron chi connectivity index (χ0n) is 14.1. The van der Waals surface area contributed by atoms with E-state index in [0.29, 0.717) is 10.6 Å².